The molecule has 1 aliphatic rings. The van der Waals surface area contributed by atoms with Gasteiger partial charge in [-0.3, -0.25) is 0 Å². The fourth-order valence-corrected chi connectivity index (χ4v) is 0.631. The molecular weight excluding hydrogens is 152 g/mol. The molecule has 0 aromatic heterocycles. The number of aliphatic imine (C=N–C) groups is 3. The smallest absolute Gasteiger partial charge is 0.161 e. The molecule has 0 saturated carbocycles. The molecule has 2 N–H and O–H groups in total. The summed E-state index contributed by atoms with van der Waals surface area (Å²) in [5.74, 6) is 0.551. The fraction of sp³-hybridized carbons (Fsp3) is 0.125. The van der Waals surface area contributed by atoms with Gasteiger partial charge in [0, 0.05) is 23.7 Å². The minimum absolute atomic E-state index is 0.551. The SMILES string of the molecule is C=C1C=NC=NC1=N/C=C(/C)N. The first-order valence-electron chi connectivity index (χ1n) is 3.45. The van der Waals surface area contributed by atoms with Crippen LogP contribution in [0.2, 0.25) is 0 Å². The highest BCUT2D eigenvalue weighted by atomic mass is 15.0. The number of hydrogen-bond donors (Lipinski definition) is 1. The number of rotatable bonds is 1. The molecule has 62 valence electrons. The molecule has 0 atom stereocenters. The molecule has 1 rings (SSSR count). The molecular formula is C8H10N4. The summed E-state index contributed by atoms with van der Waals surface area (Å²) in [5, 5.41) is 0. The van der Waals surface area contributed by atoms with Crippen LogP contribution in [0.4, 0.5) is 0 Å². The first-order chi connectivity index (χ1) is 5.70. The minimum Gasteiger partial charge on any atom is -0.401 e. The van der Waals surface area contributed by atoms with Crippen LogP contribution in [-0.2, 0) is 0 Å². The van der Waals surface area contributed by atoms with Gasteiger partial charge in [-0.25, -0.2) is 15.0 Å². The van der Waals surface area contributed by atoms with E-state index in [9.17, 15) is 0 Å². The Labute approximate surface area is 70.9 Å². The molecule has 0 unspecified atom stereocenters. The van der Waals surface area contributed by atoms with E-state index in [0.29, 0.717) is 17.1 Å². The lowest BCUT2D eigenvalue weighted by molar-refractivity contribution is 1.27. The van der Waals surface area contributed by atoms with Gasteiger partial charge in [-0.1, -0.05) is 6.58 Å². The van der Waals surface area contributed by atoms with Crippen molar-refractivity contribution in [2.45, 2.75) is 6.92 Å². The maximum absolute atomic E-state index is 5.39. The normalized spacial score (nSPS) is 20.6. The van der Waals surface area contributed by atoms with Crippen molar-refractivity contribution in [2.24, 2.45) is 20.7 Å². The van der Waals surface area contributed by atoms with Crippen molar-refractivity contribution in [3.8, 4) is 0 Å². The summed E-state index contributed by atoms with van der Waals surface area (Å²) in [6, 6.07) is 0. The third-order valence-corrected chi connectivity index (χ3v) is 1.15. The van der Waals surface area contributed by atoms with E-state index in [1.165, 1.54) is 12.5 Å². The molecule has 1 heterocycles. The third kappa shape index (κ3) is 2.16. The summed E-state index contributed by atoms with van der Waals surface area (Å²) in [6.45, 7) is 5.47. The molecule has 0 spiro atoms. The summed E-state index contributed by atoms with van der Waals surface area (Å²) in [4.78, 5) is 11.7. The van der Waals surface area contributed by atoms with Gasteiger partial charge in [-0.2, -0.15) is 0 Å². The van der Waals surface area contributed by atoms with E-state index in [1.807, 2.05) is 0 Å². The van der Waals surface area contributed by atoms with Gasteiger partial charge in [0.05, 0.1) is 0 Å². The number of amidine groups is 1. The molecule has 0 fully saturated rings. The van der Waals surface area contributed by atoms with Crippen LogP contribution in [0.1, 0.15) is 6.92 Å². The van der Waals surface area contributed by atoms with Crippen LogP contribution < -0.4 is 5.73 Å². The zero-order valence-electron chi connectivity index (χ0n) is 6.86. The number of hydrogen-bond acceptors (Lipinski definition) is 3. The maximum Gasteiger partial charge on any atom is 0.161 e. The monoisotopic (exact) mass is 162 g/mol. The quantitative estimate of drug-likeness (QED) is 0.611. The molecule has 4 nitrogen and oxygen atoms in total. The van der Waals surface area contributed by atoms with E-state index >= 15 is 0 Å². The second-order valence-corrected chi connectivity index (χ2v) is 2.37. The largest absolute Gasteiger partial charge is 0.401 e. The molecule has 1 aliphatic heterocycles. The molecule has 4 heteroatoms. The van der Waals surface area contributed by atoms with Crippen molar-refractivity contribution >= 4 is 18.4 Å². The zero-order chi connectivity index (χ0) is 8.97. The predicted octanol–water partition coefficient (Wildman–Crippen LogP) is 0.874. The van der Waals surface area contributed by atoms with Gasteiger partial charge >= 0.3 is 0 Å². The molecule has 0 aromatic carbocycles. The number of allylic oxidation sites excluding steroid dienone is 1. The van der Waals surface area contributed by atoms with Gasteiger partial charge in [0.1, 0.15) is 6.34 Å². The van der Waals surface area contributed by atoms with Crippen molar-refractivity contribution in [2.75, 3.05) is 0 Å². The van der Waals surface area contributed by atoms with Crippen molar-refractivity contribution in [3.63, 3.8) is 0 Å². The molecule has 0 bridgehead atoms. The third-order valence-electron chi connectivity index (χ3n) is 1.15. The summed E-state index contributed by atoms with van der Waals surface area (Å²) >= 11 is 0. The van der Waals surface area contributed by atoms with Crippen LogP contribution in [0.15, 0.2) is 39.0 Å². The summed E-state index contributed by atoms with van der Waals surface area (Å²) in [6.07, 6.45) is 4.57. The Morgan fingerprint density at radius 1 is 1.75 bits per heavy atom. The second-order valence-electron chi connectivity index (χ2n) is 2.37. The average molecular weight is 162 g/mol. The van der Waals surface area contributed by atoms with E-state index in [2.05, 4.69) is 21.6 Å². The maximum atomic E-state index is 5.39. The van der Waals surface area contributed by atoms with Crippen LogP contribution in [0.5, 0.6) is 0 Å². The first-order valence-corrected chi connectivity index (χ1v) is 3.45. The van der Waals surface area contributed by atoms with E-state index in [0.717, 1.165) is 0 Å². The fourth-order valence-electron chi connectivity index (χ4n) is 0.631. The lowest BCUT2D eigenvalue weighted by Gasteiger charge is -2.00. The number of nitrogens with two attached hydrogens (primary N) is 1. The topological polar surface area (TPSA) is 63.1 Å². The van der Waals surface area contributed by atoms with Crippen LogP contribution in [0.25, 0.3) is 0 Å². The van der Waals surface area contributed by atoms with E-state index in [1.54, 1.807) is 13.1 Å². The molecule has 0 saturated heterocycles. The van der Waals surface area contributed by atoms with Gasteiger partial charge in [0.25, 0.3) is 0 Å². The molecule has 12 heavy (non-hydrogen) atoms. The zero-order valence-corrected chi connectivity index (χ0v) is 6.86. The highest BCUT2D eigenvalue weighted by Gasteiger charge is 2.01. The molecule has 0 aromatic rings. The highest BCUT2D eigenvalue weighted by Crippen LogP contribution is 1.99. The lowest BCUT2D eigenvalue weighted by atomic mass is 10.3. The molecule has 0 amide bonds. The van der Waals surface area contributed by atoms with Crippen LogP contribution >= 0.6 is 0 Å². The standard InChI is InChI=1S/C8H10N4/c1-6-3-10-5-12-8(6)11-4-7(2)9/h3-5H,1,9H2,2H3/b7-4-,11-8?. The average Bonchev–Trinajstić information content (AvgIpc) is 2.03. The molecule has 0 radical (unpaired) electrons. The minimum atomic E-state index is 0.551. The summed E-state index contributed by atoms with van der Waals surface area (Å²) < 4.78 is 0. The Kier molecular flexibility index (Phi) is 2.53. The van der Waals surface area contributed by atoms with Crippen LogP contribution in [0.3, 0.4) is 0 Å². The van der Waals surface area contributed by atoms with Crippen molar-refractivity contribution in [3.05, 3.63) is 24.0 Å². The van der Waals surface area contributed by atoms with Crippen LogP contribution in [-0.4, -0.2) is 18.4 Å². The van der Waals surface area contributed by atoms with E-state index in [4.69, 9.17) is 5.73 Å². The van der Waals surface area contributed by atoms with Gasteiger partial charge in [0.15, 0.2) is 5.84 Å². The summed E-state index contributed by atoms with van der Waals surface area (Å²) in [7, 11) is 0. The van der Waals surface area contributed by atoms with Crippen molar-refractivity contribution < 1.29 is 0 Å². The van der Waals surface area contributed by atoms with Gasteiger partial charge in [-0.05, 0) is 6.92 Å². The van der Waals surface area contributed by atoms with Gasteiger partial charge in [-0.15, -0.1) is 0 Å². The van der Waals surface area contributed by atoms with Crippen molar-refractivity contribution in [1.82, 2.24) is 0 Å². The first kappa shape index (κ1) is 8.39. The highest BCUT2D eigenvalue weighted by molar-refractivity contribution is 6.20. The Bertz CT molecular complexity index is 303. The lowest BCUT2D eigenvalue weighted by Crippen LogP contribution is -2.04. The van der Waals surface area contributed by atoms with E-state index < -0.39 is 0 Å². The van der Waals surface area contributed by atoms with Gasteiger partial charge < -0.3 is 5.73 Å². The summed E-state index contributed by atoms with van der Waals surface area (Å²) in [5.41, 5.74) is 6.72. The predicted molar refractivity (Wildman–Crippen MR) is 51.5 cm³/mol. The Morgan fingerprint density at radius 2 is 2.50 bits per heavy atom. The van der Waals surface area contributed by atoms with E-state index in [-0.39, 0.29) is 0 Å². The Balaban J connectivity index is 2.83. The van der Waals surface area contributed by atoms with Crippen molar-refractivity contribution in [1.29, 1.82) is 0 Å². The molecule has 0 aliphatic carbocycles. The van der Waals surface area contributed by atoms with Crippen LogP contribution in [0, 0.1) is 0 Å². The number of nitrogens with zero attached hydrogens (tertiary/aromatic N) is 3. The second kappa shape index (κ2) is 3.61. The Hall–Kier alpha value is -1.71. The van der Waals surface area contributed by atoms with Gasteiger partial charge in [0.2, 0.25) is 0 Å². The Morgan fingerprint density at radius 3 is 3.08 bits per heavy atom.